The summed E-state index contributed by atoms with van der Waals surface area (Å²) >= 11 is 0. The fourth-order valence-electron chi connectivity index (χ4n) is 3.22. The summed E-state index contributed by atoms with van der Waals surface area (Å²) in [5.74, 6) is -0.0855. The predicted molar refractivity (Wildman–Crippen MR) is 113 cm³/mol. The number of carbonyl (C=O) groups is 2. The Bertz CT molecular complexity index is 1080. The summed E-state index contributed by atoms with van der Waals surface area (Å²) in [6.07, 6.45) is 0.133. The average Bonchev–Trinajstić information content (AvgIpc) is 2.70. The third-order valence-electron chi connectivity index (χ3n) is 4.87. The van der Waals surface area contributed by atoms with Crippen LogP contribution >= 0.6 is 0 Å². The van der Waals surface area contributed by atoms with Gasteiger partial charge < -0.3 is 4.74 Å². The van der Waals surface area contributed by atoms with Gasteiger partial charge in [0, 0.05) is 11.1 Å². The van der Waals surface area contributed by atoms with Crippen molar-refractivity contribution in [1.29, 1.82) is 0 Å². The van der Waals surface area contributed by atoms with Crippen molar-refractivity contribution in [2.75, 3.05) is 6.61 Å². The maximum Gasteiger partial charge on any atom is 0.276 e. The van der Waals surface area contributed by atoms with Gasteiger partial charge in [-0.1, -0.05) is 30.3 Å². The van der Waals surface area contributed by atoms with Crippen LogP contribution < -0.4 is 15.6 Å². The van der Waals surface area contributed by atoms with Gasteiger partial charge in [0.1, 0.15) is 5.75 Å². The van der Waals surface area contributed by atoms with E-state index >= 15 is 0 Å². The van der Waals surface area contributed by atoms with Crippen molar-refractivity contribution in [1.82, 2.24) is 15.8 Å². The third-order valence-corrected chi connectivity index (χ3v) is 4.87. The third kappa shape index (κ3) is 4.90. The molecule has 6 heteroatoms. The van der Waals surface area contributed by atoms with Gasteiger partial charge in [-0.15, -0.1) is 0 Å². The molecule has 6 nitrogen and oxygen atoms in total. The molecule has 0 bridgehead atoms. The molecule has 2 aromatic carbocycles. The molecule has 0 aliphatic rings. The summed E-state index contributed by atoms with van der Waals surface area (Å²) in [5.41, 5.74) is 10.4. The van der Waals surface area contributed by atoms with E-state index in [0.29, 0.717) is 5.75 Å². The van der Waals surface area contributed by atoms with Gasteiger partial charge >= 0.3 is 0 Å². The smallest absolute Gasteiger partial charge is 0.276 e. The number of hydrogen-bond donors (Lipinski definition) is 2. The summed E-state index contributed by atoms with van der Waals surface area (Å²) in [6.45, 7) is 7.56. The zero-order chi connectivity index (χ0) is 21.0. The molecule has 2 amide bonds. The number of para-hydroxylation sites is 1. The minimum atomic E-state index is -0.427. The maximum atomic E-state index is 12.3. The molecule has 0 fully saturated rings. The molecule has 0 saturated carbocycles. The number of nitrogens with zero attached hydrogens (tertiary/aromatic N) is 1. The second-order valence-electron chi connectivity index (χ2n) is 7.15. The Morgan fingerprint density at radius 1 is 0.966 bits per heavy atom. The van der Waals surface area contributed by atoms with Crippen LogP contribution in [-0.2, 0) is 16.0 Å². The second-order valence-corrected chi connectivity index (χ2v) is 7.15. The molecule has 29 heavy (non-hydrogen) atoms. The largest absolute Gasteiger partial charge is 0.483 e. The van der Waals surface area contributed by atoms with Crippen LogP contribution in [0.2, 0.25) is 0 Å². The Labute approximate surface area is 170 Å². The Morgan fingerprint density at radius 3 is 2.48 bits per heavy atom. The fourth-order valence-corrected chi connectivity index (χ4v) is 3.22. The summed E-state index contributed by atoms with van der Waals surface area (Å²) in [7, 11) is 0. The summed E-state index contributed by atoms with van der Waals surface area (Å²) < 4.78 is 5.54. The van der Waals surface area contributed by atoms with Crippen LogP contribution in [0.15, 0.2) is 42.5 Å². The lowest BCUT2D eigenvalue weighted by Crippen LogP contribution is -2.44. The van der Waals surface area contributed by atoms with E-state index in [2.05, 4.69) is 15.8 Å². The molecule has 0 atom stereocenters. The van der Waals surface area contributed by atoms with Gasteiger partial charge in [-0.05, 0) is 62.1 Å². The topological polar surface area (TPSA) is 80.3 Å². The van der Waals surface area contributed by atoms with E-state index in [1.165, 1.54) is 0 Å². The molecule has 0 unspecified atom stereocenters. The summed E-state index contributed by atoms with van der Waals surface area (Å²) in [6, 6.07) is 13.6. The van der Waals surface area contributed by atoms with Crippen LogP contribution in [0.5, 0.6) is 5.75 Å². The summed E-state index contributed by atoms with van der Waals surface area (Å²) in [4.78, 5) is 28.9. The minimum Gasteiger partial charge on any atom is -0.483 e. The number of hydrazine groups is 1. The fraction of sp³-hybridized carbons (Fsp3) is 0.261. The van der Waals surface area contributed by atoms with Crippen LogP contribution in [-0.4, -0.2) is 23.4 Å². The van der Waals surface area contributed by atoms with Gasteiger partial charge in [0.05, 0.1) is 11.9 Å². The highest BCUT2D eigenvalue weighted by molar-refractivity contribution is 5.87. The highest BCUT2D eigenvalue weighted by Crippen LogP contribution is 2.23. The average molecular weight is 391 g/mol. The Kier molecular flexibility index (Phi) is 6.12. The number of aryl methyl sites for hydroxylation is 4. The number of benzene rings is 2. The maximum absolute atomic E-state index is 12.3. The molecular formula is C23H25N3O3. The molecule has 0 spiro atoms. The number of rotatable bonds is 5. The minimum absolute atomic E-state index is 0.133. The monoisotopic (exact) mass is 391 g/mol. The first-order chi connectivity index (χ1) is 13.8. The molecule has 150 valence electrons. The van der Waals surface area contributed by atoms with Crippen molar-refractivity contribution in [2.24, 2.45) is 0 Å². The standard InChI is InChI=1S/C23H25N3O3/c1-14-9-10-15(2)21(11-14)29-13-23(28)26-25-22(27)12-19-16(3)18-7-5-6-8-20(18)24-17(19)4/h5-11H,12-13H2,1-4H3,(H,25,27)(H,26,28). The first-order valence-electron chi connectivity index (χ1n) is 9.47. The molecule has 3 rings (SSSR count). The number of pyridine rings is 1. The van der Waals surface area contributed by atoms with E-state index in [1.54, 1.807) is 0 Å². The lowest BCUT2D eigenvalue weighted by molar-refractivity contribution is -0.129. The molecule has 0 aliphatic carbocycles. The Morgan fingerprint density at radius 2 is 1.69 bits per heavy atom. The van der Waals surface area contributed by atoms with E-state index in [9.17, 15) is 9.59 Å². The molecule has 3 aromatic rings. The zero-order valence-electron chi connectivity index (χ0n) is 17.1. The van der Waals surface area contributed by atoms with E-state index in [1.807, 2.05) is 70.2 Å². The zero-order valence-corrected chi connectivity index (χ0v) is 17.1. The van der Waals surface area contributed by atoms with E-state index in [-0.39, 0.29) is 18.9 Å². The lowest BCUT2D eigenvalue weighted by Gasteiger charge is -2.13. The van der Waals surface area contributed by atoms with E-state index in [0.717, 1.165) is 38.9 Å². The Hall–Kier alpha value is -3.41. The molecular weight excluding hydrogens is 366 g/mol. The van der Waals surface area contributed by atoms with Crippen molar-refractivity contribution < 1.29 is 14.3 Å². The molecule has 0 saturated heterocycles. The molecule has 1 heterocycles. The van der Waals surface area contributed by atoms with E-state index in [4.69, 9.17) is 4.74 Å². The Balaban J connectivity index is 1.57. The number of fused-ring (bicyclic) bond motifs is 1. The molecule has 2 N–H and O–H groups in total. The number of carbonyl (C=O) groups excluding carboxylic acids is 2. The number of nitrogens with one attached hydrogen (secondary N) is 2. The van der Waals surface area contributed by atoms with Gasteiger partial charge in [-0.2, -0.15) is 0 Å². The number of ether oxygens (including phenoxy) is 1. The molecule has 0 aliphatic heterocycles. The van der Waals surface area contributed by atoms with E-state index < -0.39 is 5.91 Å². The number of hydrogen-bond acceptors (Lipinski definition) is 4. The quantitative estimate of drug-likeness (QED) is 0.655. The van der Waals surface area contributed by atoms with Crippen LogP contribution in [0.1, 0.15) is 27.9 Å². The van der Waals surface area contributed by atoms with Crippen molar-refractivity contribution in [2.45, 2.75) is 34.1 Å². The van der Waals surface area contributed by atoms with Crippen molar-refractivity contribution >= 4 is 22.7 Å². The normalized spacial score (nSPS) is 10.6. The second kappa shape index (κ2) is 8.73. The lowest BCUT2D eigenvalue weighted by atomic mass is 9.99. The predicted octanol–water partition coefficient (Wildman–Crippen LogP) is 3.24. The first kappa shape index (κ1) is 20.3. The number of amides is 2. The van der Waals surface area contributed by atoms with Gasteiger partial charge in [0.25, 0.3) is 5.91 Å². The highest BCUT2D eigenvalue weighted by atomic mass is 16.5. The van der Waals surface area contributed by atoms with Gasteiger partial charge in [-0.3, -0.25) is 25.4 Å². The summed E-state index contributed by atoms with van der Waals surface area (Å²) in [5, 5.41) is 1.02. The van der Waals surface area contributed by atoms with Crippen LogP contribution in [0.3, 0.4) is 0 Å². The highest BCUT2D eigenvalue weighted by Gasteiger charge is 2.14. The SMILES string of the molecule is Cc1ccc(C)c(OCC(=O)NNC(=O)Cc2c(C)nc3ccccc3c2C)c1. The van der Waals surface area contributed by atoms with Crippen LogP contribution in [0, 0.1) is 27.7 Å². The van der Waals surface area contributed by atoms with Gasteiger partial charge in [0.2, 0.25) is 5.91 Å². The van der Waals surface area contributed by atoms with Crippen molar-refractivity contribution in [3.05, 3.63) is 70.4 Å². The van der Waals surface area contributed by atoms with Crippen LogP contribution in [0.25, 0.3) is 10.9 Å². The van der Waals surface area contributed by atoms with Crippen molar-refractivity contribution in [3.63, 3.8) is 0 Å². The molecule has 1 aromatic heterocycles. The van der Waals surface area contributed by atoms with Gasteiger partial charge in [-0.25, -0.2) is 0 Å². The first-order valence-corrected chi connectivity index (χ1v) is 9.47. The van der Waals surface area contributed by atoms with Crippen LogP contribution in [0.4, 0.5) is 0 Å². The molecule has 0 radical (unpaired) electrons. The van der Waals surface area contributed by atoms with Gasteiger partial charge in [0.15, 0.2) is 6.61 Å². The van der Waals surface area contributed by atoms with Crippen molar-refractivity contribution in [3.8, 4) is 5.75 Å². The number of aromatic nitrogens is 1.